The van der Waals surface area contributed by atoms with Crippen molar-refractivity contribution >= 4 is 17.7 Å². The summed E-state index contributed by atoms with van der Waals surface area (Å²) in [6.45, 7) is 0. The molecule has 2 unspecified atom stereocenters. The highest BCUT2D eigenvalue weighted by Crippen LogP contribution is 2.09. The van der Waals surface area contributed by atoms with Crippen molar-refractivity contribution in [3.63, 3.8) is 0 Å². The molecule has 0 aromatic heterocycles. The van der Waals surface area contributed by atoms with Crippen LogP contribution < -0.4 is 16.4 Å². The fourth-order valence-corrected chi connectivity index (χ4v) is 2.12. The van der Waals surface area contributed by atoms with E-state index in [2.05, 4.69) is 10.6 Å². The molecular weight excluding hydrogens is 272 g/mol. The zero-order valence-corrected chi connectivity index (χ0v) is 11.1. The Kier molecular flexibility index (Phi) is 4.18. The van der Waals surface area contributed by atoms with Gasteiger partial charge in [-0.3, -0.25) is 14.4 Å². The average molecular weight is 286 g/mol. The van der Waals surface area contributed by atoms with Crippen LogP contribution in [0.4, 0.5) is 0 Å². The van der Waals surface area contributed by atoms with Crippen molar-refractivity contribution in [2.24, 2.45) is 5.73 Å². The summed E-state index contributed by atoms with van der Waals surface area (Å²) in [5.41, 5.74) is 6.37. The van der Waals surface area contributed by atoms with Gasteiger partial charge in [0.25, 0.3) is 0 Å². The zero-order chi connectivity index (χ0) is 15.4. The lowest BCUT2D eigenvalue weighted by atomic mass is 10.00. The van der Waals surface area contributed by atoms with Gasteiger partial charge in [0.15, 0.2) is 0 Å². The van der Waals surface area contributed by atoms with Crippen molar-refractivity contribution in [2.45, 2.75) is 24.9 Å². The van der Waals surface area contributed by atoms with E-state index in [1.54, 1.807) is 24.3 Å². The van der Waals surface area contributed by atoms with Crippen LogP contribution in [0.15, 0.2) is 24.3 Å². The zero-order valence-electron chi connectivity index (χ0n) is 11.1. The Morgan fingerprint density at radius 2 is 1.71 bits per heavy atom. The molecule has 108 valence electrons. The maximum Gasteiger partial charge on any atom is 0.243 e. The molecule has 1 heterocycles. The van der Waals surface area contributed by atoms with Gasteiger partial charge in [0.05, 0.1) is 18.1 Å². The summed E-state index contributed by atoms with van der Waals surface area (Å²) in [7, 11) is 0. The van der Waals surface area contributed by atoms with Crippen LogP contribution in [0.3, 0.4) is 0 Å². The maximum absolute atomic E-state index is 11.9. The van der Waals surface area contributed by atoms with Crippen LogP contribution in [0.2, 0.25) is 0 Å². The van der Waals surface area contributed by atoms with Crippen LogP contribution in [0.1, 0.15) is 17.5 Å². The molecule has 21 heavy (non-hydrogen) atoms. The van der Waals surface area contributed by atoms with Crippen molar-refractivity contribution in [1.29, 1.82) is 5.26 Å². The molecule has 0 aliphatic carbocycles. The van der Waals surface area contributed by atoms with E-state index in [-0.39, 0.29) is 12.3 Å². The van der Waals surface area contributed by atoms with Crippen LogP contribution in [0.5, 0.6) is 0 Å². The van der Waals surface area contributed by atoms with Gasteiger partial charge in [-0.05, 0) is 17.7 Å². The highest BCUT2D eigenvalue weighted by molar-refractivity contribution is 5.99. The molecule has 0 radical (unpaired) electrons. The number of nitrogens with zero attached hydrogens (tertiary/aromatic N) is 1. The number of benzene rings is 1. The molecular formula is C14H14N4O3. The lowest BCUT2D eigenvalue weighted by Crippen LogP contribution is -2.62. The largest absolute Gasteiger partial charge is 0.370 e. The van der Waals surface area contributed by atoms with Gasteiger partial charge in [-0.15, -0.1) is 0 Å². The highest BCUT2D eigenvalue weighted by Gasteiger charge is 2.34. The topological polar surface area (TPSA) is 125 Å². The molecule has 2 rings (SSSR count). The van der Waals surface area contributed by atoms with Crippen molar-refractivity contribution in [3.8, 4) is 6.07 Å². The number of carbonyl (C=O) groups excluding carboxylic acids is 3. The number of piperazine rings is 1. The van der Waals surface area contributed by atoms with E-state index >= 15 is 0 Å². The van der Waals surface area contributed by atoms with Gasteiger partial charge in [0, 0.05) is 6.42 Å². The first-order valence-electron chi connectivity index (χ1n) is 6.37. The Morgan fingerprint density at radius 1 is 1.14 bits per heavy atom. The number of hydrogen-bond acceptors (Lipinski definition) is 4. The number of primary amides is 1. The second-order valence-corrected chi connectivity index (χ2v) is 4.81. The molecule has 4 N–H and O–H groups in total. The lowest BCUT2D eigenvalue weighted by molar-refractivity contribution is -0.138. The molecule has 1 fully saturated rings. The van der Waals surface area contributed by atoms with Crippen LogP contribution in [-0.2, 0) is 20.8 Å². The number of amides is 3. The third-order valence-electron chi connectivity index (χ3n) is 3.19. The third-order valence-corrected chi connectivity index (χ3v) is 3.19. The Labute approximate surface area is 121 Å². The second-order valence-electron chi connectivity index (χ2n) is 4.81. The van der Waals surface area contributed by atoms with Crippen molar-refractivity contribution < 1.29 is 14.4 Å². The van der Waals surface area contributed by atoms with E-state index in [4.69, 9.17) is 11.0 Å². The summed E-state index contributed by atoms with van der Waals surface area (Å²) in [6, 6.07) is 7.15. The summed E-state index contributed by atoms with van der Waals surface area (Å²) in [4.78, 5) is 34.5. The minimum Gasteiger partial charge on any atom is -0.370 e. The van der Waals surface area contributed by atoms with Crippen LogP contribution >= 0.6 is 0 Å². The second kappa shape index (κ2) is 6.05. The van der Waals surface area contributed by atoms with E-state index < -0.39 is 23.9 Å². The maximum atomic E-state index is 11.9. The highest BCUT2D eigenvalue weighted by atomic mass is 16.2. The molecule has 1 aromatic carbocycles. The molecule has 1 saturated heterocycles. The van der Waals surface area contributed by atoms with Crippen LogP contribution in [0.25, 0.3) is 0 Å². The predicted molar refractivity (Wildman–Crippen MR) is 72.5 cm³/mol. The van der Waals surface area contributed by atoms with Crippen molar-refractivity contribution in [3.05, 3.63) is 35.4 Å². The molecule has 7 nitrogen and oxygen atoms in total. The van der Waals surface area contributed by atoms with E-state index in [0.717, 1.165) is 5.56 Å². The van der Waals surface area contributed by atoms with E-state index in [9.17, 15) is 14.4 Å². The normalized spacial score (nSPS) is 21.1. The number of nitrogens with two attached hydrogens (primary N) is 1. The fraction of sp³-hybridized carbons (Fsp3) is 0.286. The summed E-state index contributed by atoms with van der Waals surface area (Å²) in [5, 5.41) is 13.8. The lowest BCUT2D eigenvalue weighted by Gasteiger charge is -2.29. The predicted octanol–water partition coefficient (Wildman–Crippen LogP) is -1.04. The summed E-state index contributed by atoms with van der Waals surface area (Å²) >= 11 is 0. The smallest absolute Gasteiger partial charge is 0.243 e. The van der Waals surface area contributed by atoms with Crippen molar-refractivity contribution in [2.75, 3.05) is 0 Å². The molecule has 2 atom stereocenters. The molecule has 0 saturated carbocycles. The molecule has 3 amide bonds. The number of carbonyl (C=O) groups is 3. The average Bonchev–Trinajstić information content (AvgIpc) is 2.44. The number of nitriles is 1. The third kappa shape index (κ3) is 3.57. The molecule has 0 spiro atoms. The first-order valence-corrected chi connectivity index (χ1v) is 6.37. The van der Waals surface area contributed by atoms with Gasteiger partial charge in [-0.2, -0.15) is 5.26 Å². The van der Waals surface area contributed by atoms with Crippen LogP contribution in [-0.4, -0.2) is 29.8 Å². The standard InChI is InChI=1S/C14H14N4O3/c15-7-9-3-1-8(2-4-9)5-10-13(20)18-11(6-12(16)19)14(21)17-10/h1-4,10-11H,5-6H2,(H2,16,19)(H,17,21)(H,18,20). The van der Waals surface area contributed by atoms with E-state index in [1.165, 1.54) is 0 Å². The molecule has 7 heteroatoms. The first-order chi connectivity index (χ1) is 9.99. The number of rotatable bonds is 4. The minimum atomic E-state index is -0.910. The Hall–Kier alpha value is -2.88. The van der Waals surface area contributed by atoms with Gasteiger partial charge in [-0.25, -0.2) is 0 Å². The van der Waals surface area contributed by atoms with Gasteiger partial charge in [0.1, 0.15) is 12.1 Å². The summed E-state index contributed by atoms with van der Waals surface area (Å²) in [6.07, 6.45) is 0.0910. The van der Waals surface area contributed by atoms with E-state index in [0.29, 0.717) is 12.0 Å². The number of nitrogens with one attached hydrogen (secondary N) is 2. The minimum absolute atomic E-state index is 0.221. The Bertz CT molecular complexity index is 618. The van der Waals surface area contributed by atoms with Crippen molar-refractivity contribution in [1.82, 2.24) is 10.6 Å². The van der Waals surface area contributed by atoms with Gasteiger partial charge in [-0.1, -0.05) is 12.1 Å². The molecule has 1 aromatic rings. The molecule has 1 aliphatic heterocycles. The first kappa shape index (κ1) is 14.5. The Balaban J connectivity index is 2.02. The Morgan fingerprint density at radius 3 is 2.29 bits per heavy atom. The SMILES string of the molecule is N#Cc1ccc(CC2NC(=O)C(CC(N)=O)NC2=O)cc1. The van der Waals surface area contributed by atoms with Gasteiger partial charge >= 0.3 is 0 Å². The summed E-state index contributed by atoms with van der Waals surface area (Å²) in [5.74, 6) is -1.43. The quantitative estimate of drug-likeness (QED) is 0.653. The fourth-order valence-electron chi connectivity index (χ4n) is 2.12. The molecule has 0 bridgehead atoms. The van der Waals surface area contributed by atoms with Crippen LogP contribution in [0, 0.1) is 11.3 Å². The number of hydrogen-bond donors (Lipinski definition) is 3. The van der Waals surface area contributed by atoms with Gasteiger partial charge < -0.3 is 16.4 Å². The van der Waals surface area contributed by atoms with E-state index in [1.807, 2.05) is 6.07 Å². The molecule has 1 aliphatic rings. The monoisotopic (exact) mass is 286 g/mol. The summed E-state index contributed by atoms with van der Waals surface area (Å²) < 4.78 is 0. The van der Waals surface area contributed by atoms with Gasteiger partial charge in [0.2, 0.25) is 17.7 Å².